The second-order valence-electron chi connectivity index (χ2n) is 5.16. The summed E-state index contributed by atoms with van der Waals surface area (Å²) in [6.45, 7) is 6.00. The molecule has 112 valence electrons. The summed E-state index contributed by atoms with van der Waals surface area (Å²) in [5, 5.41) is 3.71. The van der Waals surface area contributed by atoms with Gasteiger partial charge in [0.1, 0.15) is 9.71 Å². The third-order valence-electron chi connectivity index (χ3n) is 3.82. The van der Waals surface area contributed by atoms with Crippen LogP contribution in [0.2, 0.25) is 0 Å². The van der Waals surface area contributed by atoms with Crippen molar-refractivity contribution in [3.05, 3.63) is 46.2 Å². The average Bonchev–Trinajstić information content (AvgIpc) is 2.83. The van der Waals surface area contributed by atoms with Gasteiger partial charge in [0.15, 0.2) is 0 Å². The second kappa shape index (κ2) is 5.38. The Morgan fingerprint density at radius 1 is 1.18 bits per heavy atom. The van der Waals surface area contributed by atoms with Crippen LogP contribution in [-0.4, -0.2) is 15.9 Å². The molecule has 22 heavy (non-hydrogen) atoms. The van der Waals surface area contributed by atoms with Crippen molar-refractivity contribution >= 4 is 38.8 Å². The van der Waals surface area contributed by atoms with E-state index in [4.69, 9.17) is 5.73 Å². The van der Waals surface area contributed by atoms with E-state index < -0.39 is 0 Å². The summed E-state index contributed by atoms with van der Waals surface area (Å²) in [5.41, 5.74) is 10.6. The molecule has 0 atom stereocenters. The molecular weight excluding hydrogens is 296 g/mol. The first-order valence-electron chi connectivity index (χ1n) is 6.86. The van der Waals surface area contributed by atoms with Crippen molar-refractivity contribution in [1.29, 1.82) is 0 Å². The number of carbonyl (C=O) groups is 1. The molecule has 0 unspecified atom stereocenters. The number of carbonyl (C=O) groups excluding carboxylic acids is 1. The van der Waals surface area contributed by atoms with Crippen molar-refractivity contribution in [2.45, 2.75) is 20.8 Å². The first kappa shape index (κ1) is 14.5. The average molecular weight is 312 g/mol. The summed E-state index contributed by atoms with van der Waals surface area (Å²) in [6, 6.07) is 3.47. The lowest BCUT2D eigenvalue weighted by Gasteiger charge is -2.06. The smallest absolute Gasteiger partial charge is 0.267 e. The largest absolute Gasteiger partial charge is 0.397 e. The first-order valence-corrected chi connectivity index (χ1v) is 7.68. The molecule has 3 heterocycles. The van der Waals surface area contributed by atoms with Crippen LogP contribution < -0.4 is 11.1 Å². The van der Waals surface area contributed by atoms with E-state index in [1.54, 1.807) is 24.5 Å². The van der Waals surface area contributed by atoms with Gasteiger partial charge in [-0.15, -0.1) is 11.3 Å². The SMILES string of the molecule is Cc1nc2sc(C(=O)Nc3ccncc3)c(N)c2c(C)c1C. The maximum Gasteiger partial charge on any atom is 0.267 e. The van der Waals surface area contributed by atoms with Crippen molar-refractivity contribution in [1.82, 2.24) is 9.97 Å². The Morgan fingerprint density at radius 3 is 2.55 bits per heavy atom. The molecule has 0 radical (unpaired) electrons. The highest BCUT2D eigenvalue weighted by Crippen LogP contribution is 2.36. The number of aromatic nitrogens is 2. The van der Waals surface area contributed by atoms with Gasteiger partial charge < -0.3 is 11.1 Å². The van der Waals surface area contributed by atoms with Crippen molar-refractivity contribution in [2.24, 2.45) is 0 Å². The minimum Gasteiger partial charge on any atom is -0.397 e. The van der Waals surface area contributed by atoms with Crippen molar-refractivity contribution in [3.63, 3.8) is 0 Å². The van der Waals surface area contributed by atoms with E-state index in [2.05, 4.69) is 15.3 Å². The van der Waals surface area contributed by atoms with Gasteiger partial charge in [-0.3, -0.25) is 9.78 Å². The number of nitrogen functional groups attached to an aromatic ring is 1. The summed E-state index contributed by atoms with van der Waals surface area (Å²) in [5.74, 6) is -0.221. The van der Waals surface area contributed by atoms with Crippen LogP contribution in [0, 0.1) is 20.8 Å². The number of nitrogens with zero attached hydrogens (tertiary/aromatic N) is 2. The third-order valence-corrected chi connectivity index (χ3v) is 4.92. The molecule has 0 aliphatic rings. The Morgan fingerprint density at radius 2 is 1.86 bits per heavy atom. The predicted octanol–water partition coefficient (Wildman–Crippen LogP) is 3.45. The van der Waals surface area contributed by atoms with Crippen LogP contribution in [0.15, 0.2) is 24.5 Å². The lowest BCUT2D eigenvalue weighted by molar-refractivity contribution is 0.103. The van der Waals surface area contributed by atoms with Crippen LogP contribution in [0.25, 0.3) is 10.2 Å². The number of amides is 1. The van der Waals surface area contributed by atoms with Gasteiger partial charge in [-0.2, -0.15) is 0 Å². The number of hydrogen-bond donors (Lipinski definition) is 2. The standard InChI is InChI=1S/C16H16N4OS/c1-8-9(2)12-13(17)14(22-16(12)19-10(8)3)15(21)20-11-4-6-18-7-5-11/h4-7H,17H2,1-3H3,(H,18,20,21). The molecule has 0 aliphatic carbocycles. The highest BCUT2D eigenvalue weighted by molar-refractivity contribution is 7.21. The number of aryl methyl sites for hydroxylation is 2. The monoisotopic (exact) mass is 312 g/mol. The second-order valence-corrected chi connectivity index (χ2v) is 6.16. The van der Waals surface area contributed by atoms with Gasteiger partial charge in [-0.1, -0.05) is 0 Å². The molecule has 0 fully saturated rings. The van der Waals surface area contributed by atoms with Gasteiger partial charge in [0.25, 0.3) is 5.91 Å². The number of hydrogen-bond acceptors (Lipinski definition) is 5. The Bertz CT molecular complexity index is 871. The fourth-order valence-corrected chi connectivity index (χ4v) is 3.46. The lowest BCUT2D eigenvalue weighted by Crippen LogP contribution is -2.11. The maximum atomic E-state index is 12.5. The summed E-state index contributed by atoms with van der Waals surface area (Å²) in [4.78, 5) is 22.2. The van der Waals surface area contributed by atoms with Gasteiger partial charge in [0.2, 0.25) is 0 Å². The number of rotatable bonds is 2. The third kappa shape index (κ3) is 2.31. The zero-order valence-electron chi connectivity index (χ0n) is 12.6. The molecule has 0 bridgehead atoms. The van der Waals surface area contributed by atoms with E-state index in [9.17, 15) is 4.79 Å². The fraction of sp³-hybridized carbons (Fsp3) is 0.188. The molecule has 0 aliphatic heterocycles. The van der Waals surface area contributed by atoms with Gasteiger partial charge in [-0.25, -0.2) is 4.98 Å². The van der Waals surface area contributed by atoms with Crippen LogP contribution in [0.5, 0.6) is 0 Å². The van der Waals surface area contributed by atoms with Gasteiger partial charge in [0, 0.05) is 29.2 Å². The fourth-order valence-electron chi connectivity index (χ4n) is 2.36. The van der Waals surface area contributed by atoms with Crippen LogP contribution >= 0.6 is 11.3 Å². The van der Waals surface area contributed by atoms with Crippen LogP contribution in [0.1, 0.15) is 26.5 Å². The molecule has 3 aromatic heterocycles. The molecular formula is C16H16N4OS. The van der Waals surface area contributed by atoms with E-state index in [1.165, 1.54) is 11.3 Å². The predicted molar refractivity (Wildman–Crippen MR) is 90.4 cm³/mol. The highest BCUT2D eigenvalue weighted by atomic mass is 32.1. The molecule has 0 saturated carbocycles. The highest BCUT2D eigenvalue weighted by Gasteiger charge is 2.20. The lowest BCUT2D eigenvalue weighted by atomic mass is 10.1. The molecule has 6 heteroatoms. The van der Waals surface area contributed by atoms with Crippen LogP contribution in [-0.2, 0) is 0 Å². The van der Waals surface area contributed by atoms with Gasteiger partial charge >= 0.3 is 0 Å². The van der Waals surface area contributed by atoms with Crippen molar-refractivity contribution < 1.29 is 4.79 Å². The molecule has 1 amide bonds. The van der Waals surface area contributed by atoms with Crippen LogP contribution in [0.4, 0.5) is 11.4 Å². The van der Waals surface area contributed by atoms with E-state index in [1.807, 2.05) is 20.8 Å². The molecule has 3 N–H and O–H groups in total. The first-order chi connectivity index (χ1) is 10.5. The van der Waals surface area contributed by atoms with Crippen LogP contribution in [0.3, 0.4) is 0 Å². The number of fused-ring (bicyclic) bond motifs is 1. The minimum atomic E-state index is -0.221. The Hall–Kier alpha value is -2.47. The zero-order chi connectivity index (χ0) is 15.9. The summed E-state index contributed by atoms with van der Waals surface area (Å²) < 4.78 is 0. The molecule has 0 saturated heterocycles. The number of pyridine rings is 2. The maximum absolute atomic E-state index is 12.5. The number of nitrogens with one attached hydrogen (secondary N) is 1. The quantitative estimate of drug-likeness (QED) is 0.759. The molecule has 3 rings (SSSR count). The minimum absolute atomic E-state index is 0.221. The van der Waals surface area contributed by atoms with E-state index >= 15 is 0 Å². The van der Waals surface area contributed by atoms with Gasteiger partial charge in [-0.05, 0) is 44.0 Å². The normalized spacial score (nSPS) is 10.9. The number of anilines is 2. The number of thiophene rings is 1. The number of nitrogens with two attached hydrogens (primary N) is 1. The topological polar surface area (TPSA) is 80.9 Å². The van der Waals surface area contributed by atoms with E-state index in [0.717, 1.165) is 27.0 Å². The van der Waals surface area contributed by atoms with Gasteiger partial charge in [0.05, 0.1) is 5.69 Å². The van der Waals surface area contributed by atoms with E-state index in [0.29, 0.717) is 16.3 Å². The summed E-state index contributed by atoms with van der Waals surface area (Å²) >= 11 is 1.32. The Kier molecular flexibility index (Phi) is 3.54. The molecule has 3 aromatic rings. The molecule has 0 aromatic carbocycles. The summed E-state index contributed by atoms with van der Waals surface area (Å²) in [6.07, 6.45) is 3.25. The Labute approximate surface area is 132 Å². The van der Waals surface area contributed by atoms with Crippen molar-refractivity contribution in [3.8, 4) is 0 Å². The zero-order valence-corrected chi connectivity index (χ0v) is 13.4. The van der Waals surface area contributed by atoms with E-state index in [-0.39, 0.29) is 5.91 Å². The Balaban J connectivity index is 2.06. The molecule has 0 spiro atoms. The van der Waals surface area contributed by atoms with Crippen molar-refractivity contribution in [2.75, 3.05) is 11.1 Å². The summed E-state index contributed by atoms with van der Waals surface area (Å²) in [7, 11) is 0. The molecule has 5 nitrogen and oxygen atoms in total.